The molecule has 144 valence electrons. The summed E-state index contributed by atoms with van der Waals surface area (Å²) in [5.74, 6) is -0.780. The minimum Gasteiger partial charge on any atom is -0.352 e. The molecule has 2 amide bonds. The summed E-state index contributed by atoms with van der Waals surface area (Å²) in [7, 11) is 0. The average Bonchev–Trinajstić information content (AvgIpc) is 3.33. The monoisotopic (exact) mass is 388 g/mol. The maximum absolute atomic E-state index is 13.8. The number of amides is 2. The SMILES string of the molecule is CCC(C(=O)NC1CCCC1)N(C(=O)Cc1cccs1)c1cccc(F)c1. The summed E-state index contributed by atoms with van der Waals surface area (Å²) in [6, 6.07) is 9.21. The number of halogens is 1. The Balaban J connectivity index is 1.86. The van der Waals surface area contributed by atoms with Crippen molar-refractivity contribution in [3.8, 4) is 0 Å². The molecule has 1 aliphatic carbocycles. The van der Waals surface area contributed by atoms with Gasteiger partial charge in [0.15, 0.2) is 0 Å². The molecule has 4 nitrogen and oxygen atoms in total. The largest absolute Gasteiger partial charge is 0.352 e. The van der Waals surface area contributed by atoms with Gasteiger partial charge in [0.2, 0.25) is 11.8 Å². The first kappa shape index (κ1) is 19.5. The van der Waals surface area contributed by atoms with E-state index in [1.165, 1.54) is 28.4 Å². The summed E-state index contributed by atoms with van der Waals surface area (Å²) < 4.78 is 13.8. The maximum atomic E-state index is 13.8. The van der Waals surface area contributed by atoms with E-state index in [1.54, 1.807) is 12.1 Å². The van der Waals surface area contributed by atoms with Crippen LogP contribution in [-0.4, -0.2) is 23.9 Å². The summed E-state index contributed by atoms with van der Waals surface area (Å²) >= 11 is 1.50. The highest BCUT2D eigenvalue weighted by Gasteiger charge is 2.31. The van der Waals surface area contributed by atoms with E-state index in [-0.39, 0.29) is 24.3 Å². The fourth-order valence-electron chi connectivity index (χ4n) is 3.62. The van der Waals surface area contributed by atoms with Crippen LogP contribution in [0.3, 0.4) is 0 Å². The van der Waals surface area contributed by atoms with Crippen LogP contribution in [0.15, 0.2) is 41.8 Å². The molecule has 0 bridgehead atoms. The first-order valence-corrected chi connectivity index (χ1v) is 10.4. The third kappa shape index (κ3) is 4.95. The van der Waals surface area contributed by atoms with Crippen molar-refractivity contribution in [2.75, 3.05) is 4.90 Å². The number of nitrogens with zero attached hydrogens (tertiary/aromatic N) is 1. The van der Waals surface area contributed by atoms with Gasteiger partial charge in [-0.3, -0.25) is 14.5 Å². The molecule has 1 heterocycles. The van der Waals surface area contributed by atoms with Crippen molar-refractivity contribution in [2.24, 2.45) is 0 Å². The first-order chi connectivity index (χ1) is 13.1. The lowest BCUT2D eigenvalue weighted by atomic mass is 10.1. The van der Waals surface area contributed by atoms with Gasteiger partial charge in [-0.05, 0) is 48.9 Å². The predicted octanol–water partition coefficient (Wildman–Crippen LogP) is 4.30. The Bertz CT molecular complexity index is 772. The second kappa shape index (κ2) is 9.13. The molecule has 1 saturated carbocycles. The third-order valence-electron chi connectivity index (χ3n) is 4.96. The fourth-order valence-corrected chi connectivity index (χ4v) is 4.32. The Hall–Kier alpha value is -2.21. The minimum absolute atomic E-state index is 0.159. The van der Waals surface area contributed by atoms with Crippen LogP contribution < -0.4 is 10.2 Å². The zero-order chi connectivity index (χ0) is 19.2. The zero-order valence-electron chi connectivity index (χ0n) is 15.5. The molecule has 3 rings (SSSR count). The lowest BCUT2D eigenvalue weighted by Gasteiger charge is -2.31. The number of hydrogen-bond donors (Lipinski definition) is 1. The summed E-state index contributed by atoms with van der Waals surface area (Å²) in [5.41, 5.74) is 0.421. The molecular formula is C21H25FN2O2S. The van der Waals surface area contributed by atoms with Crippen molar-refractivity contribution in [3.63, 3.8) is 0 Å². The Labute approximate surface area is 163 Å². The van der Waals surface area contributed by atoms with Crippen molar-refractivity contribution in [2.45, 2.75) is 57.5 Å². The molecule has 0 aliphatic heterocycles. The highest BCUT2D eigenvalue weighted by atomic mass is 32.1. The van der Waals surface area contributed by atoms with E-state index in [1.807, 2.05) is 24.4 Å². The number of carbonyl (C=O) groups excluding carboxylic acids is 2. The Kier molecular flexibility index (Phi) is 6.61. The van der Waals surface area contributed by atoms with Gasteiger partial charge in [0.1, 0.15) is 11.9 Å². The molecule has 0 spiro atoms. The van der Waals surface area contributed by atoms with Crippen molar-refractivity contribution >= 4 is 28.8 Å². The van der Waals surface area contributed by atoms with Crippen LogP contribution in [0.2, 0.25) is 0 Å². The summed E-state index contributed by atoms with van der Waals surface area (Å²) in [6.07, 6.45) is 4.85. The normalized spacial score (nSPS) is 15.5. The van der Waals surface area contributed by atoms with Gasteiger partial charge < -0.3 is 5.32 Å². The van der Waals surface area contributed by atoms with Crippen LogP contribution in [0.25, 0.3) is 0 Å². The van der Waals surface area contributed by atoms with E-state index in [0.29, 0.717) is 12.1 Å². The number of rotatable bonds is 7. The first-order valence-electron chi connectivity index (χ1n) is 9.49. The molecule has 1 unspecified atom stereocenters. The molecule has 1 aromatic heterocycles. The molecule has 1 N–H and O–H groups in total. The zero-order valence-corrected chi connectivity index (χ0v) is 16.3. The Morgan fingerprint density at radius 3 is 2.67 bits per heavy atom. The van der Waals surface area contributed by atoms with Crippen LogP contribution in [0.4, 0.5) is 10.1 Å². The number of anilines is 1. The van der Waals surface area contributed by atoms with Gasteiger partial charge in [-0.15, -0.1) is 11.3 Å². The molecule has 1 aromatic carbocycles. The molecular weight excluding hydrogens is 363 g/mol. The topological polar surface area (TPSA) is 49.4 Å². The fraction of sp³-hybridized carbons (Fsp3) is 0.429. The molecule has 1 aliphatic rings. The van der Waals surface area contributed by atoms with Gasteiger partial charge in [0, 0.05) is 16.6 Å². The van der Waals surface area contributed by atoms with Crippen LogP contribution in [0.5, 0.6) is 0 Å². The lowest BCUT2D eigenvalue weighted by molar-refractivity contribution is -0.126. The molecule has 1 atom stereocenters. The second-order valence-electron chi connectivity index (χ2n) is 6.91. The molecule has 0 radical (unpaired) electrons. The maximum Gasteiger partial charge on any atom is 0.243 e. The highest BCUT2D eigenvalue weighted by Crippen LogP contribution is 2.24. The third-order valence-corrected chi connectivity index (χ3v) is 5.84. The van der Waals surface area contributed by atoms with Gasteiger partial charge in [0.05, 0.1) is 6.42 Å². The van der Waals surface area contributed by atoms with Crippen LogP contribution in [-0.2, 0) is 16.0 Å². The van der Waals surface area contributed by atoms with Crippen molar-refractivity contribution in [3.05, 3.63) is 52.5 Å². The van der Waals surface area contributed by atoms with E-state index >= 15 is 0 Å². The average molecular weight is 389 g/mol. The van der Waals surface area contributed by atoms with E-state index in [2.05, 4.69) is 5.32 Å². The highest BCUT2D eigenvalue weighted by molar-refractivity contribution is 7.10. The lowest BCUT2D eigenvalue weighted by Crippen LogP contribution is -2.52. The summed E-state index contributed by atoms with van der Waals surface area (Å²) in [5, 5.41) is 5.00. The van der Waals surface area contributed by atoms with Crippen LogP contribution in [0, 0.1) is 5.82 Å². The number of carbonyl (C=O) groups is 2. The number of nitrogens with one attached hydrogen (secondary N) is 1. The molecule has 0 saturated heterocycles. The molecule has 1 fully saturated rings. The molecule has 6 heteroatoms. The van der Waals surface area contributed by atoms with E-state index in [4.69, 9.17) is 0 Å². The van der Waals surface area contributed by atoms with E-state index in [9.17, 15) is 14.0 Å². The number of hydrogen-bond acceptors (Lipinski definition) is 3. The second-order valence-corrected chi connectivity index (χ2v) is 7.95. The van der Waals surface area contributed by atoms with Gasteiger partial charge in [-0.1, -0.05) is 31.9 Å². The van der Waals surface area contributed by atoms with Crippen molar-refractivity contribution < 1.29 is 14.0 Å². The van der Waals surface area contributed by atoms with Gasteiger partial charge in [-0.25, -0.2) is 4.39 Å². The number of benzene rings is 1. The standard InChI is InChI=1S/C21H25FN2O2S/c1-2-19(21(26)23-16-8-3-4-9-16)24(17-10-5-7-15(22)13-17)20(25)14-18-11-6-12-27-18/h5-7,10-13,16,19H,2-4,8-9,14H2,1H3,(H,23,26). The van der Waals surface area contributed by atoms with Crippen LogP contribution in [0.1, 0.15) is 43.9 Å². The quantitative estimate of drug-likeness (QED) is 0.769. The van der Waals surface area contributed by atoms with Crippen LogP contribution >= 0.6 is 11.3 Å². The predicted molar refractivity (Wildman–Crippen MR) is 106 cm³/mol. The van der Waals surface area contributed by atoms with Gasteiger partial charge in [0.25, 0.3) is 0 Å². The van der Waals surface area contributed by atoms with Gasteiger partial charge in [-0.2, -0.15) is 0 Å². The summed E-state index contributed by atoms with van der Waals surface area (Å²) in [6.45, 7) is 1.88. The molecule has 2 aromatic rings. The molecule has 27 heavy (non-hydrogen) atoms. The van der Waals surface area contributed by atoms with E-state index < -0.39 is 11.9 Å². The van der Waals surface area contributed by atoms with E-state index in [0.717, 1.165) is 30.6 Å². The number of thiophene rings is 1. The van der Waals surface area contributed by atoms with Crippen molar-refractivity contribution in [1.82, 2.24) is 5.32 Å². The smallest absolute Gasteiger partial charge is 0.243 e. The Morgan fingerprint density at radius 2 is 2.04 bits per heavy atom. The van der Waals surface area contributed by atoms with Gasteiger partial charge >= 0.3 is 0 Å². The summed E-state index contributed by atoms with van der Waals surface area (Å²) in [4.78, 5) is 28.4. The minimum atomic E-state index is -0.653. The Morgan fingerprint density at radius 1 is 1.26 bits per heavy atom. The van der Waals surface area contributed by atoms with Crippen molar-refractivity contribution in [1.29, 1.82) is 0 Å².